The van der Waals surface area contributed by atoms with Gasteiger partial charge < -0.3 is 4.74 Å². The molecule has 0 fully saturated rings. The molecule has 220 valence electrons. The van der Waals surface area contributed by atoms with Crippen LogP contribution in [0.25, 0.3) is 16.8 Å². The van der Waals surface area contributed by atoms with Crippen molar-refractivity contribution in [1.29, 1.82) is 0 Å². The highest BCUT2D eigenvalue weighted by atomic mass is 32.2. The van der Waals surface area contributed by atoms with Gasteiger partial charge in [-0.1, -0.05) is 78.9 Å². The molecule has 1 heterocycles. The third kappa shape index (κ3) is 5.62. The first-order chi connectivity index (χ1) is 21.0. The van der Waals surface area contributed by atoms with Gasteiger partial charge in [0.1, 0.15) is 32.8 Å². The number of hydrogen-bond acceptors (Lipinski definition) is 7. The summed E-state index contributed by atoms with van der Waals surface area (Å²) in [5, 5.41) is -0.384. The lowest BCUT2D eigenvalue weighted by atomic mass is 10.1. The van der Waals surface area contributed by atoms with Crippen molar-refractivity contribution in [3.63, 3.8) is 0 Å². The van der Waals surface area contributed by atoms with Gasteiger partial charge in [-0.15, -0.1) is 0 Å². The SMILES string of the molecule is O=C1/C(=C/c2cccc(Oc3ccccc3)c2)N=C(c2ccccc2)N1c1ccc2c(S(=O)(=O)O)cccc2c1S(=O)(=O)O. The van der Waals surface area contributed by atoms with Gasteiger partial charge in [0, 0.05) is 16.3 Å². The Morgan fingerprint density at radius 2 is 1.34 bits per heavy atom. The Bertz CT molecular complexity index is 2220. The van der Waals surface area contributed by atoms with Crippen LogP contribution in [-0.2, 0) is 25.0 Å². The number of amidine groups is 1. The molecular weight excluding hydrogens is 604 g/mol. The second-order valence-electron chi connectivity index (χ2n) is 9.67. The second kappa shape index (κ2) is 11.2. The average Bonchev–Trinajstić information content (AvgIpc) is 3.31. The number of benzene rings is 5. The molecule has 0 saturated heterocycles. The molecule has 0 aromatic heterocycles. The molecule has 5 aromatic carbocycles. The zero-order chi connectivity index (χ0) is 31.1. The van der Waals surface area contributed by atoms with Gasteiger partial charge >= 0.3 is 0 Å². The van der Waals surface area contributed by atoms with Crippen molar-refractivity contribution in [3.05, 3.63) is 132 Å². The summed E-state index contributed by atoms with van der Waals surface area (Å²) in [6, 6.07) is 30.7. The van der Waals surface area contributed by atoms with Crippen LogP contribution in [0, 0.1) is 0 Å². The highest BCUT2D eigenvalue weighted by Gasteiger charge is 2.37. The molecular formula is C32H22N2O8S2. The fourth-order valence-electron chi connectivity index (χ4n) is 4.93. The van der Waals surface area contributed by atoms with E-state index in [0.717, 1.165) is 11.0 Å². The fraction of sp³-hybridized carbons (Fsp3) is 0. The third-order valence-electron chi connectivity index (χ3n) is 6.76. The topological polar surface area (TPSA) is 151 Å². The van der Waals surface area contributed by atoms with Crippen LogP contribution in [0.4, 0.5) is 5.69 Å². The molecule has 1 aliphatic rings. The van der Waals surface area contributed by atoms with Crippen LogP contribution < -0.4 is 9.64 Å². The Kier molecular flexibility index (Phi) is 7.35. The lowest BCUT2D eigenvalue weighted by Gasteiger charge is -2.22. The molecule has 0 unspecified atom stereocenters. The largest absolute Gasteiger partial charge is 0.457 e. The first-order valence-corrected chi connectivity index (χ1v) is 15.9. The van der Waals surface area contributed by atoms with E-state index in [-0.39, 0.29) is 28.0 Å². The van der Waals surface area contributed by atoms with Gasteiger partial charge in [-0.3, -0.25) is 18.8 Å². The normalized spacial score (nSPS) is 14.7. The van der Waals surface area contributed by atoms with Gasteiger partial charge in [-0.05, 0) is 48.0 Å². The van der Waals surface area contributed by atoms with E-state index in [4.69, 9.17) is 4.74 Å². The van der Waals surface area contributed by atoms with Gasteiger partial charge in [0.15, 0.2) is 0 Å². The predicted octanol–water partition coefficient (Wildman–Crippen LogP) is 5.96. The van der Waals surface area contributed by atoms with Gasteiger partial charge in [-0.2, -0.15) is 16.8 Å². The Morgan fingerprint density at radius 3 is 2.02 bits per heavy atom. The van der Waals surface area contributed by atoms with Gasteiger partial charge in [0.25, 0.3) is 26.1 Å². The number of anilines is 1. The molecule has 0 aliphatic carbocycles. The van der Waals surface area contributed by atoms with Crippen LogP contribution in [0.1, 0.15) is 11.1 Å². The quantitative estimate of drug-likeness (QED) is 0.166. The molecule has 0 spiro atoms. The fourth-order valence-corrected chi connectivity index (χ4v) is 6.52. The second-order valence-corrected chi connectivity index (χ2v) is 12.4. The average molecular weight is 627 g/mol. The summed E-state index contributed by atoms with van der Waals surface area (Å²) >= 11 is 0. The molecule has 1 amide bonds. The van der Waals surface area contributed by atoms with Crippen molar-refractivity contribution in [2.45, 2.75) is 9.79 Å². The summed E-state index contributed by atoms with van der Waals surface area (Å²) in [5.74, 6) is 0.510. The number of carbonyl (C=O) groups excluding carboxylic acids is 1. The molecule has 0 atom stereocenters. The predicted molar refractivity (Wildman–Crippen MR) is 165 cm³/mol. The van der Waals surface area contributed by atoms with E-state index in [9.17, 15) is 30.7 Å². The maximum atomic E-state index is 14.0. The summed E-state index contributed by atoms with van der Waals surface area (Å²) in [7, 11) is -9.82. The Morgan fingerprint density at radius 1 is 0.682 bits per heavy atom. The Hall–Kier alpha value is -5.14. The Balaban J connectivity index is 1.51. The van der Waals surface area contributed by atoms with E-state index >= 15 is 0 Å². The van der Waals surface area contributed by atoms with E-state index in [1.807, 2.05) is 18.2 Å². The maximum absolute atomic E-state index is 14.0. The van der Waals surface area contributed by atoms with Gasteiger partial charge in [0.05, 0.1) is 5.69 Å². The van der Waals surface area contributed by atoms with E-state index in [1.54, 1.807) is 66.7 Å². The molecule has 0 radical (unpaired) electrons. The highest BCUT2D eigenvalue weighted by Crippen LogP contribution is 2.39. The number of fused-ring (bicyclic) bond motifs is 1. The monoisotopic (exact) mass is 626 g/mol. The molecule has 6 rings (SSSR count). The summed E-state index contributed by atoms with van der Waals surface area (Å²) < 4.78 is 75.7. The minimum absolute atomic E-state index is 0.0335. The van der Waals surface area contributed by atoms with E-state index in [0.29, 0.717) is 22.6 Å². The number of nitrogens with zero attached hydrogens (tertiary/aromatic N) is 2. The molecule has 5 aromatic rings. The first kappa shape index (κ1) is 29.0. The molecule has 0 saturated carbocycles. The van der Waals surface area contributed by atoms with Gasteiger partial charge in [-0.25, -0.2) is 4.99 Å². The lowest BCUT2D eigenvalue weighted by molar-refractivity contribution is -0.113. The lowest BCUT2D eigenvalue weighted by Crippen LogP contribution is -2.34. The molecule has 2 N–H and O–H groups in total. The molecule has 1 aliphatic heterocycles. The van der Waals surface area contributed by atoms with Crippen molar-refractivity contribution >= 4 is 54.5 Å². The highest BCUT2D eigenvalue weighted by molar-refractivity contribution is 7.86. The van der Waals surface area contributed by atoms with Crippen molar-refractivity contribution in [1.82, 2.24) is 0 Å². The molecule has 0 bridgehead atoms. The summed E-state index contributed by atoms with van der Waals surface area (Å²) in [6.07, 6.45) is 1.52. The van der Waals surface area contributed by atoms with Crippen molar-refractivity contribution in [2.75, 3.05) is 4.90 Å². The van der Waals surface area contributed by atoms with E-state index < -0.39 is 35.9 Å². The zero-order valence-corrected chi connectivity index (χ0v) is 24.2. The summed E-state index contributed by atoms with van der Waals surface area (Å²) in [4.78, 5) is 18.3. The van der Waals surface area contributed by atoms with Crippen LogP contribution in [0.15, 0.2) is 136 Å². The van der Waals surface area contributed by atoms with E-state index in [2.05, 4.69) is 4.99 Å². The van der Waals surface area contributed by atoms with Crippen LogP contribution in [0.5, 0.6) is 11.5 Å². The number of ether oxygens (including phenoxy) is 1. The smallest absolute Gasteiger partial charge is 0.297 e. The maximum Gasteiger partial charge on any atom is 0.297 e. The summed E-state index contributed by atoms with van der Waals surface area (Å²) in [5.41, 5.74) is 0.753. The molecule has 44 heavy (non-hydrogen) atoms. The van der Waals surface area contributed by atoms with Crippen molar-refractivity contribution < 1.29 is 35.5 Å². The Labute approximate surface area is 252 Å². The summed E-state index contributed by atoms with van der Waals surface area (Å²) in [6.45, 7) is 0. The van der Waals surface area contributed by atoms with Crippen LogP contribution in [-0.4, -0.2) is 37.7 Å². The van der Waals surface area contributed by atoms with E-state index in [1.165, 1.54) is 30.3 Å². The standard InChI is InChI=1S/C32H22N2O8S2/c35-32-27(20-21-9-7-14-24(19-21)42-23-12-5-2-6-13-23)33-31(22-10-3-1-4-11-22)34(32)28-18-17-25-26(30(28)44(39,40)41)15-8-16-29(25)43(36,37)38/h1-20H,(H,36,37,38)(H,39,40,41)/b27-20-. The number of hydrogen-bond donors (Lipinski definition) is 2. The first-order valence-electron chi connectivity index (χ1n) is 13.0. The van der Waals surface area contributed by atoms with Crippen LogP contribution in [0.3, 0.4) is 0 Å². The van der Waals surface area contributed by atoms with Gasteiger partial charge in [0.2, 0.25) is 0 Å². The third-order valence-corrected chi connectivity index (χ3v) is 8.62. The van der Waals surface area contributed by atoms with Crippen molar-refractivity contribution in [3.8, 4) is 11.5 Å². The minimum atomic E-state index is -5.06. The minimum Gasteiger partial charge on any atom is -0.457 e. The van der Waals surface area contributed by atoms with Crippen molar-refractivity contribution in [2.24, 2.45) is 4.99 Å². The van der Waals surface area contributed by atoms with Crippen LogP contribution in [0.2, 0.25) is 0 Å². The number of rotatable bonds is 7. The molecule has 10 nitrogen and oxygen atoms in total. The van der Waals surface area contributed by atoms with Crippen LogP contribution >= 0.6 is 0 Å². The number of carbonyl (C=O) groups is 1. The number of aliphatic imine (C=N–C) groups is 1. The zero-order valence-electron chi connectivity index (χ0n) is 22.6. The molecule has 12 heteroatoms. The number of amides is 1. The number of para-hydroxylation sites is 1.